The van der Waals surface area contributed by atoms with E-state index in [-0.39, 0.29) is 0 Å². The van der Waals surface area contributed by atoms with Gasteiger partial charge in [0.25, 0.3) is 0 Å². The minimum atomic E-state index is 0.657. The maximum atomic E-state index is 4.45. The lowest BCUT2D eigenvalue weighted by Gasteiger charge is -2.14. The number of anilines is 4. The molecule has 0 aliphatic rings. The molecule has 0 aliphatic carbocycles. The van der Waals surface area contributed by atoms with E-state index in [0.717, 1.165) is 33.7 Å². The zero-order valence-corrected chi connectivity index (χ0v) is 16.2. The maximum absolute atomic E-state index is 4.45. The fraction of sp³-hybridized carbons (Fsp3) is 0.0833. The van der Waals surface area contributed by atoms with E-state index < -0.39 is 0 Å². The quantitative estimate of drug-likeness (QED) is 0.467. The van der Waals surface area contributed by atoms with E-state index in [2.05, 4.69) is 45.9 Å². The van der Waals surface area contributed by atoms with Gasteiger partial charge >= 0.3 is 0 Å². The van der Waals surface area contributed by atoms with Crippen molar-refractivity contribution in [3.63, 3.8) is 0 Å². The van der Waals surface area contributed by atoms with Crippen molar-refractivity contribution in [2.75, 3.05) is 10.6 Å². The molecule has 28 heavy (non-hydrogen) atoms. The van der Waals surface area contributed by atoms with Gasteiger partial charge in [0, 0.05) is 23.8 Å². The third-order valence-electron chi connectivity index (χ3n) is 4.28. The average Bonchev–Trinajstić information content (AvgIpc) is 2.70. The summed E-state index contributed by atoms with van der Waals surface area (Å²) in [4.78, 5) is 8.87. The standard InChI is InChI=1S/C24H24N4/c1-5-18(4)22(17(2)3)19-10-9-13-21(16-19)28-24-23(25-14-15-26-24)27-20-11-7-6-8-12-20/h5-16H,1-2H2,3-4H3,(H,25,27)(H,26,28). The number of aromatic nitrogens is 2. The SMILES string of the molecule is C=CC(C)=C(C(=C)C)c1cccc(Nc2nccnc2Nc2ccccc2)c1. The van der Waals surface area contributed by atoms with Gasteiger partial charge in [-0.1, -0.05) is 55.1 Å². The van der Waals surface area contributed by atoms with Crippen molar-refractivity contribution in [2.24, 2.45) is 0 Å². The van der Waals surface area contributed by atoms with Crippen molar-refractivity contribution in [2.45, 2.75) is 13.8 Å². The van der Waals surface area contributed by atoms with Crippen LogP contribution in [-0.4, -0.2) is 9.97 Å². The van der Waals surface area contributed by atoms with Gasteiger partial charge < -0.3 is 10.6 Å². The third kappa shape index (κ3) is 4.54. The summed E-state index contributed by atoms with van der Waals surface area (Å²) in [5.74, 6) is 1.32. The summed E-state index contributed by atoms with van der Waals surface area (Å²) in [6, 6.07) is 18.1. The predicted molar refractivity (Wildman–Crippen MR) is 119 cm³/mol. The highest BCUT2D eigenvalue weighted by atomic mass is 15.1. The Labute approximate surface area is 166 Å². The lowest BCUT2D eigenvalue weighted by Crippen LogP contribution is -2.02. The van der Waals surface area contributed by atoms with Gasteiger partial charge in [-0.15, -0.1) is 0 Å². The highest BCUT2D eigenvalue weighted by Gasteiger charge is 2.09. The molecule has 0 spiro atoms. The fourth-order valence-corrected chi connectivity index (χ4v) is 2.98. The molecule has 1 heterocycles. The molecular weight excluding hydrogens is 344 g/mol. The van der Waals surface area contributed by atoms with Gasteiger partial charge in [0.1, 0.15) is 0 Å². The Morgan fingerprint density at radius 2 is 1.46 bits per heavy atom. The van der Waals surface area contributed by atoms with Crippen LogP contribution in [0.25, 0.3) is 5.57 Å². The van der Waals surface area contributed by atoms with E-state index in [4.69, 9.17) is 0 Å². The highest BCUT2D eigenvalue weighted by molar-refractivity contribution is 5.83. The van der Waals surface area contributed by atoms with Gasteiger partial charge in [0.15, 0.2) is 11.6 Å². The zero-order chi connectivity index (χ0) is 19.9. The summed E-state index contributed by atoms with van der Waals surface area (Å²) in [6.45, 7) is 12.1. The maximum Gasteiger partial charge on any atom is 0.173 e. The Bertz CT molecular complexity index is 1020. The number of benzene rings is 2. The van der Waals surface area contributed by atoms with Gasteiger partial charge in [0.2, 0.25) is 0 Å². The second-order valence-corrected chi connectivity index (χ2v) is 6.49. The van der Waals surface area contributed by atoms with Crippen LogP contribution in [0.3, 0.4) is 0 Å². The molecule has 0 amide bonds. The lowest BCUT2D eigenvalue weighted by molar-refractivity contribution is 1.19. The second-order valence-electron chi connectivity index (χ2n) is 6.49. The molecule has 0 unspecified atom stereocenters. The van der Waals surface area contributed by atoms with Crippen LogP contribution in [0.5, 0.6) is 0 Å². The van der Waals surface area contributed by atoms with E-state index >= 15 is 0 Å². The first kappa shape index (κ1) is 19.1. The molecule has 4 nitrogen and oxygen atoms in total. The number of rotatable bonds is 7. The largest absolute Gasteiger partial charge is 0.337 e. The first-order chi connectivity index (χ1) is 13.6. The van der Waals surface area contributed by atoms with E-state index in [9.17, 15) is 0 Å². The number of hydrogen-bond donors (Lipinski definition) is 2. The van der Waals surface area contributed by atoms with E-state index in [1.54, 1.807) is 12.4 Å². The first-order valence-corrected chi connectivity index (χ1v) is 9.08. The van der Waals surface area contributed by atoms with Crippen molar-refractivity contribution < 1.29 is 0 Å². The summed E-state index contributed by atoms with van der Waals surface area (Å²) in [5, 5.41) is 6.67. The topological polar surface area (TPSA) is 49.8 Å². The summed E-state index contributed by atoms with van der Waals surface area (Å²) in [6.07, 6.45) is 5.19. The van der Waals surface area contributed by atoms with Gasteiger partial charge in [-0.2, -0.15) is 0 Å². The molecule has 140 valence electrons. The second kappa shape index (κ2) is 8.82. The van der Waals surface area contributed by atoms with Crippen LogP contribution in [0.15, 0.2) is 97.4 Å². The molecule has 0 atom stereocenters. The molecular formula is C24H24N4. The van der Waals surface area contributed by atoms with Gasteiger partial charge in [-0.3, -0.25) is 0 Å². The molecule has 1 aromatic heterocycles. The minimum absolute atomic E-state index is 0.657. The number of para-hydroxylation sites is 1. The molecule has 3 aromatic rings. The molecule has 2 aromatic carbocycles. The number of allylic oxidation sites excluding steroid dienone is 4. The van der Waals surface area contributed by atoms with Crippen molar-refractivity contribution in [3.8, 4) is 0 Å². The Hall–Kier alpha value is -3.66. The Morgan fingerprint density at radius 3 is 2.07 bits per heavy atom. The van der Waals surface area contributed by atoms with Gasteiger partial charge in [-0.05, 0) is 54.8 Å². The zero-order valence-electron chi connectivity index (χ0n) is 16.2. The van der Waals surface area contributed by atoms with E-state index in [0.29, 0.717) is 11.6 Å². The van der Waals surface area contributed by atoms with Crippen molar-refractivity contribution in [1.82, 2.24) is 9.97 Å². The fourth-order valence-electron chi connectivity index (χ4n) is 2.98. The summed E-state index contributed by atoms with van der Waals surface area (Å²) >= 11 is 0. The normalized spacial score (nSPS) is 11.4. The molecule has 0 saturated heterocycles. The van der Waals surface area contributed by atoms with Crippen LogP contribution in [0.4, 0.5) is 23.0 Å². The number of nitrogens with zero attached hydrogens (tertiary/aromatic N) is 2. The van der Waals surface area contributed by atoms with Crippen LogP contribution in [0.1, 0.15) is 19.4 Å². The van der Waals surface area contributed by atoms with Crippen molar-refractivity contribution in [3.05, 3.63) is 103 Å². The Kier molecular flexibility index (Phi) is 6.02. The summed E-state index contributed by atoms with van der Waals surface area (Å²) in [5.41, 5.74) is 6.14. The van der Waals surface area contributed by atoms with E-state index in [1.807, 2.05) is 62.4 Å². The smallest absolute Gasteiger partial charge is 0.173 e. The van der Waals surface area contributed by atoms with Gasteiger partial charge in [-0.25, -0.2) is 9.97 Å². The molecule has 0 fully saturated rings. The van der Waals surface area contributed by atoms with Crippen LogP contribution < -0.4 is 10.6 Å². The molecule has 0 saturated carbocycles. The monoisotopic (exact) mass is 368 g/mol. The molecule has 0 bridgehead atoms. The summed E-state index contributed by atoms with van der Waals surface area (Å²) < 4.78 is 0. The molecule has 0 aliphatic heterocycles. The molecule has 4 heteroatoms. The molecule has 3 rings (SSSR count). The van der Waals surface area contributed by atoms with Crippen LogP contribution in [0.2, 0.25) is 0 Å². The highest BCUT2D eigenvalue weighted by Crippen LogP contribution is 2.30. The third-order valence-corrected chi connectivity index (χ3v) is 4.28. The molecule has 0 radical (unpaired) electrons. The molecule has 2 N–H and O–H groups in total. The number of hydrogen-bond acceptors (Lipinski definition) is 4. The van der Waals surface area contributed by atoms with Crippen LogP contribution >= 0.6 is 0 Å². The van der Waals surface area contributed by atoms with Crippen LogP contribution in [0, 0.1) is 0 Å². The number of nitrogens with one attached hydrogen (secondary N) is 2. The average molecular weight is 368 g/mol. The Morgan fingerprint density at radius 1 is 0.857 bits per heavy atom. The Balaban J connectivity index is 1.91. The predicted octanol–water partition coefficient (Wildman–Crippen LogP) is 6.50. The van der Waals surface area contributed by atoms with Crippen LogP contribution in [-0.2, 0) is 0 Å². The minimum Gasteiger partial charge on any atom is -0.337 e. The van der Waals surface area contributed by atoms with Gasteiger partial charge in [0.05, 0.1) is 0 Å². The first-order valence-electron chi connectivity index (χ1n) is 9.08. The van der Waals surface area contributed by atoms with Crippen molar-refractivity contribution >= 4 is 28.6 Å². The van der Waals surface area contributed by atoms with Crippen molar-refractivity contribution in [1.29, 1.82) is 0 Å². The lowest BCUT2D eigenvalue weighted by atomic mass is 9.95. The summed E-state index contributed by atoms with van der Waals surface area (Å²) in [7, 11) is 0. The van der Waals surface area contributed by atoms with E-state index in [1.165, 1.54) is 0 Å².